The first-order valence-corrected chi connectivity index (χ1v) is 5.94. The van der Waals surface area contributed by atoms with E-state index in [2.05, 4.69) is 0 Å². The lowest BCUT2D eigenvalue weighted by atomic mass is 10.1. The number of furan rings is 1. The first kappa shape index (κ1) is 12.3. The van der Waals surface area contributed by atoms with Crippen LogP contribution in [0.25, 0.3) is 11.0 Å². The Balaban J connectivity index is 2.84. The number of aromatic carboxylic acids is 1. The van der Waals surface area contributed by atoms with Gasteiger partial charge in [0.1, 0.15) is 0 Å². The van der Waals surface area contributed by atoms with E-state index >= 15 is 0 Å². The lowest BCUT2D eigenvalue weighted by Gasteiger charge is -1.99. The largest absolute Gasteiger partial charge is 0.475 e. The van der Waals surface area contributed by atoms with Gasteiger partial charge in [0.25, 0.3) is 0 Å². The van der Waals surface area contributed by atoms with Crippen LogP contribution < -0.4 is 0 Å². The van der Waals surface area contributed by atoms with E-state index in [0.717, 1.165) is 6.42 Å². The Morgan fingerprint density at radius 2 is 2.00 bits per heavy atom. The highest BCUT2D eigenvalue weighted by Gasteiger charge is 2.22. The fourth-order valence-corrected chi connectivity index (χ4v) is 2.31. The number of carboxylic acid groups (broad SMARTS) is 1. The predicted octanol–water partition coefficient (Wildman–Crippen LogP) is 4.39. The molecule has 17 heavy (non-hydrogen) atoms. The summed E-state index contributed by atoms with van der Waals surface area (Å²) < 4.78 is 5.31. The van der Waals surface area contributed by atoms with Gasteiger partial charge in [-0.15, -0.1) is 0 Å². The molecule has 1 heterocycles. The molecule has 0 saturated heterocycles. The van der Waals surface area contributed by atoms with E-state index in [1.807, 2.05) is 6.92 Å². The van der Waals surface area contributed by atoms with Gasteiger partial charge in [-0.1, -0.05) is 36.5 Å². The average molecular weight is 273 g/mol. The lowest BCUT2D eigenvalue weighted by molar-refractivity contribution is 0.0663. The van der Waals surface area contributed by atoms with Crippen molar-refractivity contribution in [3.8, 4) is 0 Å². The summed E-state index contributed by atoms with van der Waals surface area (Å²) in [6.07, 6.45) is 1.40. The highest BCUT2D eigenvalue weighted by molar-refractivity contribution is 6.40. The van der Waals surface area contributed by atoms with Crippen LogP contribution in [0.15, 0.2) is 16.5 Å². The molecule has 0 aliphatic heterocycles. The molecular formula is C12H10Cl2O3. The number of benzene rings is 1. The van der Waals surface area contributed by atoms with Crippen LogP contribution in [0.1, 0.15) is 29.5 Å². The Kier molecular flexibility index (Phi) is 3.31. The van der Waals surface area contributed by atoms with Crippen LogP contribution >= 0.6 is 23.2 Å². The molecule has 2 aromatic rings. The van der Waals surface area contributed by atoms with E-state index in [1.54, 1.807) is 12.1 Å². The van der Waals surface area contributed by atoms with E-state index in [1.165, 1.54) is 0 Å². The van der Waals surface area contributed by atoms with E-state index in [0.29, 0.717) is 33.0 Å². The summed E-state index contributed by atoms with van der Waals surface area (Å²) in [6, 6.07) is 3.24. The number of carboxylic acids is 1. The molecule has 1 N–H and O–H groups in total. The number of rotatable bonds is 3. The molecule has 0 spiro atoms. The van der Waals surface area contributed by atoms with Gasteiger partial charge >= 0.3 is 5.97 Å². The van der Waals surface area contributed by atoms with Gasteiger partial charge in [0.05, 0.1) is 10.0 Å². The molecule has 5 heteroatoms. The summed E-state index contributed by atoms with van der Waals surface area (Å²) in [5, 5.41) is 10.5. The van der Waals surface area contributed by atoms with Crippen molar-refractivity contribution < 1.29 is 14.3 Å². The summed E-state index contributed by atoms with van der Waals surface area (Å²) in [4.78, 5) is 11.1. The number of hydrogen-bond donors (Lipinski definition) is 1. The highest BCUT2D eigenvalue weighted by Crippen LogP contribution is 2.36. The highest BCUT2D eigenvalue weighted by atomic mass is 35.5. The fourth-order valence-electron chi connectivity index (χ4n) is 1.85. The van der Waals surface area contributed by atoms with Crippen LogP contribution in [0, 0.1) is 0 Å². The molecule has 0 atom stereocenters. The van der Waals surface area contributed by atoms with Crippen LogP contribution in [0.5, 0.6) is 0 Å². The normalized spacial score (nSPS) is 11.0. The first-order valence-electron chi connectivity index (χ1n) is 5.19. The molecule has 3 nitrogen and oxygen atoms in total. The molecule has 0 unspecified atom stereocenters. The number of aryl methyl sites for hydroxylation is 1. The third-order valence-corrected chi connectivity index (χ3v) is 3.15. The number of halogens is 2. The summed E-state index contributed by atoms with van der Waals surface area (Å²) in [5.74, 6) is -1.17. The monoisotopic (exact) mass is 272 g/mol. The van der Waals surface area contributed by atoms with Gasteiger partial charge < -0.3 is 9.52 Å². The van der Waals surface area contributed by atoms with E-state index in [9.17, 15) is 4.79 Å². The molecule has 0 bridgehead atoms. The number of hydrogen-bond acceptors (Lipinski definition) is 2. The lowest BCUT2D eigenvalue weighted by Crippen LogP contribution is -1.98. The van der Waals surface area contributed by atoms with E-state index < -0.39 is 5.97 Å². The second-order valence-electron chi connectivity index (χ2n) is 3.70. The third-order valence-electron chi connectivity index (χ3n) is 2.53. The quantitative estimate of drug-likeness (QED) is 0.902. The van der Waals surface area contributed by atoms with E-state index in [4.69, 9.17) is 32.7 Å². The molecule has 0 saturated carbocycles. The smallest absolute Gasteiger partial charge is 0.372 e. The van der Waals surface area contributed by atoms with Crippen LogP contribution in [0.2, 0.25) is 10.0 Å². The second-order valence-corrected chi connectivity index (χ2v) is 4.51. The van der Waals surface area contributed by atoms with Gasteiger partial charge in [0, 0.05) is 10.9 Å². The number of carbonyl (C=O) groups is 1. The molecule has 2 rings (SSSR count). The van der Waals surface area contributed by atoms with Gasteiger partial charge in [-0.25, -0.2) is 4.79 Å². The molecule has 0 fully saturated rings. The summed E-state index contributed by atoms with van der Waals surface area (Å²) in [5.41, 5.74) is 0.961. The van der Waals surface area contributed by atoms with Crippen molar-refractivity contribution >= 4 is 40.1 Å². The zero-order chi connectivity index (χ0) is 12.6. The van der Waals surface area contributed by atoms with Gasteiger partial charge in [-0.05, 0) is 18.6 Å². The molecule has 1 aromatic heterocycles. The van der Waals surface area contributed by atoms with Gasteiger partial charge in [-0.2, -0.15) is 0 Å². The molecule has 90 valence electrons. The fraction of sp³-hybridized carbons (Fsp3) is 0.250. The van der Waals surface area contributed by atoms with Crippen molar-refractivity contribution in [2.75, 3.05) is 0 Å². The zero-order valence-corrected chi connectivity index (χ0v) is 10.6. The maximum Gasteiger partial charge on any atom is 0.372 e. The van der Waals surface area contributed by atoms with Gasteiger partial charge in [0.15, 0.2) is 5.58 Å². The van der Waals surface area contributed by atoms with Crippen molar-refractivity contribution in [1.29, 1.82) is 0 Å². The standard InChI is InChI=1S/C12H10Cl2O3/c1-2-3-6-9-7(13)4-5-8(14)11(9)17-10(6)12(15)16/h4-5H,2-3H2,1H3,(H,15,16). The Hall–Kier alpha value is -1.19. The summed E-state index contributed by atoms with van der Waals surface area (Å²) in [7, 11) is 0. The minimum Gasteiger partial charge on any atom is -0.475 e. The maximum absolute atomic E-state index is 11.1. The zero-order valence-electron chi connectivity index (χ0n) is 9.09. The van der Waals surface area contributed by atoms with Crippen LogP contribution in [0.4, 0.5) is 0 Å². The minimum absolute atomic E-state index is 0.0724. The van der Waals surface area contributed by atoms with E-state index in [-0.39, 0.29) is 5.76 Å². The first-order chi connectivity index (χ1) is 8.06. The topological polar surface area (TPSA) is 50.4 Å². The average Bonchev–Trinajstić information content (AvgIpc) is 2.65. The van der Waals surface area contributed by atoms with Gasteiger partial charge in [0.2, 0.25) is 5.76 Å². The van der Waals surface area contributed by atoms with Crippen molar-refractivity contribution in [3.63, 3.8) is 0 Å². The predicted molar refractivity (Wildman–Crippen MR) is 67.2 cm³/mol. The summed E-state index contributed by atoms with van der Waals surface area (Å²) >= 11 is 12.1. The Bertz CT molecular complexity index is 587. The second kappa shape index (κ2) is 4.59. The van der Waals surface area contributed by atoms with Crippen LogP contribution in [-0.4, -0.2) is 11.1 Å². The minimum atomic E-state index is -1.10. The van der Waals surface area contributed by atoms with Crippen molar-refractivity contribution in [3.05, 3.63) is 33.5 Å². The van der Waals surface area contributed by atoms with Crippen LogP contribution in [-0.2, 0) is 6.42 Å². The van der Waals surface area contributed by atoms with Crippen LogP contribution in [0.3, 0.4) is 0 Å². The Morgan fingerprint density at radius 1 is 1.35 bits per heavy atom. The molecule has 0 radical (unpaired) electrons. The molecular weight excluding hydrogens is 263 g/mol. The molecule has 0 aliphatic carbocycles. The van der Waals surface area contributed by atoms with Crippen molar-refractivity contribution in [2.45, 2.75) is 19.8 Å². The molecule has 0 aliphatic rings. The summed E-state index contributed by atoms with van der Waals surface area (Å²) in [6.45, 7) is 1.96. The maximum atomic E-state index is 11.1. The number of fused-ring (bicyclic) bond motifs is 1. The molecule has 1 aromatic carbocycles. The Morgan fingerprint density at radius 3 is 2.59 bits per heavy atom. The SMILES string of the molecule is CCCc1c(C(=O)O)oc2c(Cl)ccc(Cl)c12. The third kappa shape index (κ3) is 2.01. The molecule has 0 amide bonds. The Labute approximate surface area is 108 Å². The van der Waals surface area contributed by atoms with Crippen molar-refractivity contribution in [1.82, 2.24) is 0 Å². The van der Waals surface area contributed by atoms with Crippen molar-refractivity contribution in [2.24, 2.45) is 0 Å². The van der Waals surface area contributed by atoms with Gasteiger partial charge in [-0.3, -0.25) is 0 Å².